The fourth-order valence-corrected chi connectivity index (χ4v) is 12.9. The number of ether oxygens (including phenoxy) is 6. The number of unbranched alkanes of at least 4 members (excludes halogenated alkanes) is 45. The quantitative estimate of drug-likeness (QED) is 0.0373. The van der Waals surface area contributed by atoms with Gasteiger partial charge in [0, 0.05) is 29.2 Å². The van der Waals surface area contributed by atoms with E-state index in [0.717, 1.165) is 66.9 Å². The van der Waals surface area contributed by atoms with Crippen LogP contribution >= 0.6 is 8.25 Å². The normalized spacial score (nSPS) is 14.8. The number of hydrogen-bond acceptors (Lipinski definition) is 13. The zero-order valence-corrected chi connectivity index (χ0v) is 61.1. The molecule has 2 heterocycles. The van der Waals surface area contributed by atoms with Crippen LogP contribution in [0, 0.1) is 6.92 Å². The van der Waals surface area contributed by atoms with Gasteiger partial charge in [0.2, 0.25) is 5.75 Å². The SMILES string of the molecule is CCCCCCCCCCCCCCCCCCOc1cc(C(=O)OCn2c(=O)c(C)cn([C@H]3CC(OC(=O)CCC(C)=O)[C@@H](CO[P+](=O)O)O3)c2=O)cc(OCCCCCCCCCCCCCCCCCC)c1OCCCCCCCCCCCCCCCCCC. The lowest BCUT2D eigenvalue weighted by Crippen LogP contribution is -2.43. The molecule has 4 atom stereocenters. The molecule has 2 aromatic rings. The van der Waals surface area contributed by atoms with E-state index in [4.69, 9.17) is 32.9 Å². The Kier molecular flexibility index (Phi) is 50.9. The fourth-order valence-electron chi connectivity index (χ4n) is 12.6. The van der Waals surface area contributed by atoms with Crippen molar-refractivity contribution in [2.45, 2.75) is 387 Å². The average Bonchev–Trinajstić information content (AvgIpc) is 1.46. The van der Waals surface area contributed by atoms with Gasteiger partial charge in [0.15, 0.2) is 18.2 Å². The summed E-state index contributed by atoms with van der Waals surface area (Å²) in [5.41, 5.74) is -1.32. The molecule has 17 heteroatoms. The summed E-state index contributed by atoms with van der Waals surface area (Å²) in [5, 5.41) is 0. The number of benzene rings is 1. The van der Waals surface area contributed by atoms with Crippen molar-refractivity contribution in [2.75, 3.05) is 26.4 Å². The molecule has 94 heavy (non-hydrogen) atoms. The summed E-state index contributed by atoms with van der Waals surface area (Å²) in [5.74, 6) is -0.497. The van der Waals surface area contributed by atoms with Gasteiger partial charge in [-0.2, -0.15) is 0 Å². The van der Waals surface area contributed by atoms with Crippen molar-refractivity contribution in [1.29, 1.82) is 0 Å². The van der Waals surface area contributed by atoms with Gasteiger partial charge in [-0.05, 0) is 45.2 Å². The second kappa shape index (κ2) is 56.9. The number of Topliss-reactive ketones (excluding diaryl/α,β-unsaturated/α-hetero) is 1. The average molecular weight is 1340 g/mol. The first-order valence-corrected chi connectivity index (χ1v) is 39.7. The van der Waals surface area contributed by atoms with Crippen LogP contribution in [-0.4, -0.2) is 70.4 Å². The summed E-state index contributed by atoms with van der Waals surface area (Å²) < 4.78 is 55.6. The Balaban J connectivity index is 1.75. The topological polar surface area (TPSA) is 197 Å². The fraction of sp³-hybridized carbons (Fsp3) is 0.831. The van der Waals surface area contributed by atoms with E-state index >= 15 is 0 Å². The second-order valence-corrected chi connectivity index (χ2v) is 27.9. The van der Waals surface area contributed by atoms with Crippen LogP contribution in [0.1, 0.15) is 377 Å². The minimum absolute atomic E-state index is 0.0405. The van der Waals surface area contributed by atoms with Gasteiger partial charge in [0.1, 0.15) is 30.8 Å². The summed E-state index contributed by atoms with van der Waals surface area (Å²) in [6.07, 6.45) is 58.5. The standard InChI is InChI=1S/C77H133N2O14P/c1-6-9-12-15-18-21-24-27-30-33-36-39-42-45-48-51-56-87-69-59-67(76(83)90-64-79-75(82)65(4)62-78(77(79)84)72-61-68(71(92-72)63-91-94(85)86)93-73(81)55-54-66(5)80)60-70(88-57-52-49-46-43-40-37-34-31-28-25-22-19-16-13-10-7-2)74(69)89-58-53-50-47-44-41-38-35-32-29-26-23-20-17-14-11-8-3/h59-60,62,68,71-72H,6-58,61,63-64H2,1-5H3/p+1/t68?,71-,72-/m1/s1. The molecule has 1 N–H and O–H groups in total. The van der Waals surface area contributed by atoms with E-state index in [-0.39, 0.29) is 36.2 Å². The highest BCUT2D eigenvalue weighted by molar-refractivity contribution is 7.32. The molecule has 0 bridgehead atoms. The maximum Gasteiger partial charge on any atom is 0.694 e. The monoisotopic (exact) mass is 1340 g/mol. The first-order valence-electron chi connectivity index (χ1n) is 38.6. The van der Waals surface area contributed by atoms with E-state index in [9.17, 15) is 33.4 Å². The lowest BCUT2D eigenvalue weighted by molar-refractivity contribution is -0.153. The molecule has 0 amide bonds. The van der Waals surface area contributed by atoms with Crippen molar-refractivity contribution in [3.63, 3.8) is 0 Å². The number of aromatic nitrogens is 2. The summed E-state index contributed by atoms with van der Waals surface area (Å²) in [6.45, 7) is 9.77. The molecule has 1 aromatic carbocycles. The van der Waals surface area contributed by atoms with E-state index in [2.05, 4.69) is 20.8 Å². The largest absolute Gasteiger partial charge is 0.694 e. The van der Waals surface area contributed by atoms with E-state index in [1.54, 1.807) is 12.1 Å². The van der Waals surface area contributed by atoms with Crippen LogP contribution in [0.15, 0.2) is 27.9 Å². The number of esters is 2. The van der Waals surface area contributed by atoms with Gasteiger partial charge in [-0.15, -0.1) is 9.42 Å². The summed E-state index contributed by atoms with van der Waals surface area (Å²) in [6, 6.07) is 3.23. The highest BCUT2D eigenvalue weighted by atomic mass is 31.1. The summed E-state index contributed by atoms with van der Waals surface area (Å²) in [7, 11) is -3.03. The zero-order chi connectivity index (χ0) is 67.9. The van der Waals surface area contributed by atoms with E-state index in [1.165, 1.54) is 270 Å². The molecule has 3 rings (SSSR count). The third-order valence-electron chi connectivity index (χ3n) is 18.5. The molecule has 1 aliphatic heterocycles. The number of nitrogens with zero attached hydrogens (tertiary/aromatic N) is 2. The molecular weight excluding hydrogens is 1210 g/mol. The Morgan fingerprint density at radius 1 is 0.521 bits per heavy atom. The second-order valence-electron chi connectivity index (χ2n) is 27.2. The Morgan fingerprint density at radius 3 is 1.22 bits per heavy atom. The van der Waals surface area contributed by atoms with Crippen molar-refractivity contribution in [1.82, 2.24) is 9.13 Å². The van der Waals surface area contributed by atoms with Gasteiger partial charge in [-0.3, -0.25) is 14.2 Å². The van der Waals surface area contributed by atoms with Crippen LogP contribution in [0.5, 0.6) is 17.2 Å². The van der Waals surface area contributed by atoms with Gasteiger partial charge in [-0.25, -0.2) is 14.2 Å². The number of hydrogen-bond donors (Lipinski definition) is 1. The molecule has 0 saturated carbocycles. The van der Waals surface area contributed by atoms with Crippen molar-refractivity contribution in [3.05, 3.63) is 50.3 Å². The van der Waals surface area contributed by atoms with Gasteiger partial charge >= 0.3 is 25.9 Å². The molecule has 0 radical (unpaired) electrons. The number of aryl methyl sites for hydroxylation is 1. The highest BCUT2D eigenvalue weighted by Crippen LogP contribution is 2.40. The van der Waals surface area contributed by atoms with Crippen molar-refractivity contribution < 1.29 is 56.8 Å². The van der Waals surface area contributed by atoms with Crippen LogP contribution in [0.2, 0.25) is 0 Å². The lowest BCUT2D eigenvalue weighted by atomic mass is 10.0. The Bertz CT molecular complexity index is 2330. The minimum atomic E-state index is -3.03. The molecule has 1 aromatic heterocycles. The van der Waals surface area contributed by atoms with Crippen LogP contribution in [-0.2, 0) is 39.6 Å². The molecule has 1 aliphatic rings. The first kappa shape index (κ1) is 84.1. The van der Waals surface area contributed by atoms with Crippen molar-refractivity contribution >= 4 is 26.0 Å². The van der Waals surface area contributed by atoms with Crippen LogP contribution in [0.4, 0.5) is 0 Å². The van der Waals surface area contributed by atoms with Crippen molar-refractivity contribution in [3.8, 4) is 17.2 Å². The van der Waals surface area contributed by atoms with Gasteiger partial charge < -0.3 is 33.2 Å². The maximum atomic E-state index is 14.3. The van der Waals surface area contributed by atoms with Gasteiger partial charge in [0.25, 0.3) is 5.56 Å². The molecular formula is C77H134N2O14P+. The van der Waals surface area contributed by atoms with E-state index in [1.807, 2.05) is 0 Å². The number of ketones is 1. The predicted octanol–water partition coefficient (Wildman–Crippen LogP) is 21.3. The Labute approximate surface area is 570 Å². The summed E-state index contributed by atoms with van der Waals surface area (Å²) >= 11 is 0. The predicted molar refractivity (Wildman–Crippen MR) is 381 cm³/mol. The highest BCUT2D eigenvalue weighted by Gasteiger charge is 2.41. The van der Waals surface area contributed by atoms with Crippen LogP contribution in [0.25, 0.3) is 0 Å². The lowest BCUT2D eigenvalue weighted by Gasteiger charge is -2.19. The van der Waals surface area contributed by atoms with Gasteiger partial charge in [0.05, 0.1) is 31.8 Å². The Hall–Kier alpha value is -4.11. The molecule has 540 valence electrons. The summed E-state index contributed by atoms with van der Waals surface area (Å²) in [4.78, 5) is 75.9. The molecule has 2 unspecified atom stereocenters. The molecule has 16 nitrogen and oxygen atoms in total. The molecule has 1 saturated heterocycles. The van der Waals surface area contributed by atoms with Gasteiger partial charge in [-0.1, -0.05) is 310 Å². The van der Waals surface area contributed by atoms with Crippen molar-refractivity contribution in [2.24, 2.45) is 0 Å². The minimum Gasteiger partial charge on any atom is -0.490 e. The zero-order valence-electron chi connectivity index (χ0n) is 60.2. The van der Waals surface area contributed by atoms with E-state index < -0.39 is 63.2 Å². The molecule has 0 aliphatic carbocycles. The number of carbonyl (C=O) groups is 3. The first-order chi connectivity index (χ1) is 45.9. The van der Waals surface area contributed by atoms with Crippen LogP contribution < -0.4 is 25.5 Å². The third-order valence-corrected chi connectivity index (χ3v) is 18.9. The maximum absolute atomic E-state index is 14.3. The third kappa shape index (κ3) is 40.6. The molecule has 1 fully saturated rings. The number of rotatable bonds is 65. The Morgan fingerprint density at radius 2 is 0.872 bits per heavy atom. The molecule has 0 spiro atoms. The van der Waals surface area contributed by atoms with E-state index in [0.29, 0.717) is 37.1 Å². The smallest absolute Gasteiger partial charge is 0.490 e. The van der Waals surface area contributed by atoms with Crippen LogP contribution in [0.3, 0.4) is 0 Å². The number of carbonyl (C=O) groups excluding carboxylic acids is 3.